The molecule has 0 aliphatic heterocycles. The van der Waals surface area contributed by atoms with Crippen LogP contribution in [0.2, 0.25) is 0 Å². The van der Waals surface area contributed by atoms with Crippen LogP contribution in [0.4, 0.5) is 4.39 Å². The molecule has 0 bridgehead atoms. The van der Waals surface area contributed by atoms with E-state index in [1.807, 2.05) is 13.8 Å². The largest absolute Gasteiger partial charge is 0.437 e. The first-order valence-electron chi connectivity index (χ1n) is 9.13. The van der Waals surface area contributed by atoms with Crippen molar-refractivity contribution in [2.45, 2.75) is 27.2 Å². The number of halogens is 1. The fourth-order valence-corrected chi connectivity index (χ4v) is 2.61. The van der Waals surface area contributed by atoms with Crippen molar-refractivity contribution >= 4 is 12.2 Å². The summed E-state index contributed by atoms with van der Waals surface area (Å²) in [5.41, 5.74) is 1.91. The van der Waals surface area contributed by atoms with Gasteiger partial charge in [0, 0.05) is 42.0 Å². The fraction of sp³-hybridized carbons (Fsp3) is 0.200. The maximum Gasteiger partial charge on any atom is 0.258 e. The van der Waals surface area contributed by atoms with Crippen LogP contribution in [0.1, 0.15) is 35.6 Å². The van der Waals surface area contributed by atoms with Gasteiger partial charge in [0.1, 0.15) is 0 Å². The van der Waals surface area contributed by atoms with E-state index in [-0.39, 0.29) is 11.8 Å². The van der Waals surface area contributed by atoms with Gasteiger partial charge >= 0.3 is 0 Å². The molecule has 0 aliphatic carbocycles. The van der Waals surface area contributed by atoms with Crippen molar-refractivity contribution in [1.82, 2.24) is 30.2 Å². The fourth-order valence-electron chi connectivity index (χ4n) is 2.61. The highest BCUT2D eigenvalue weighted by Gasteiger charge is 2.13. The zero-order valence-corrected chi connectivity index (χ0v) is 16.5. The van der Waals surface area contributed by atoms with Gasteiger partial charge in [0.15, 0.2) is 17.4 Å². The first kappa shape index (κ1) is 19.4. The van der Waals surface area contributed by atoms with Crippen LogP contribution in [0, 0.1) is 19.8 Å². The Labute approximate surface area is 170 Å². The number of hydrogen-bond donors (Lipinski definition) is 0. The molecule has 30 heavy (non-hydrogen) atoms. The van der Waals surface area contributed by atoms with Gasteiger partial charge in [-0.1, -0.05) is 17.2 Å². The zero-order valence-electron chi connectivity index (χ0n) is 16.5. The third-order valence-corrected chi connectivity index (χ3v) is 4.17. The summed E-state index contributed by atoms with van der Waals surface area (Å²) in [6.07, 6.45) is 7.36. The highest BCUT2D eigenvalue weighted by atomic mass is 19.1. The van der Waals surface area contributed by atoms with Gasteiger partial charge in [0.05, 0.1) is 6.20 Å². The minimum Gasteiger partial charge on any atom is -0.437 e. The van der Waals surface area contributed by atoms with E-state index in [0.717, 1.165) is 11.1 Å². The van der Waals surface area contributed by atoms with Gasteiger partial charge in [-0.3, -0.25) is 4.98 Å². The molecule has 0 spiro atoms. The van der Waals surface area contributed by atoms with Crippen molar-refractivity contribution in [3.8, 4) is 23.1 Å². The molecule has 4 heterocycles. The van der Waals surface area contributed by atoms with Gasteiger partial charge in [-0.2, -0.15) is 19.3 Å². The molecule has 0 atom stereocenters. The van der Waals surface area contributed by atoms with Gasteiger partial charge in [-0.25, -0.2) is 0 Å². The Morgan fingerprint density at radius 1 is 1.03 bits per heavy atom. The molecule has 0 fully saturated rings. The molecule has 0 amide bonds. The minimum atomic E-state index is -0.733. The Bertz CT molecular complexity index is 1220. The molecule has 152 valence electrons. The van der Waals surface area contributed by atoms with E-state index >= 15 is 0 Å². The number of rotatable bonds is 6. The number of pyridine rings is 2. The summed E-state index contributed by atoms with van der Waals surface area (Å²) in [5, 5.41) is 7.56. The molecule has 10 heteroatoms. The van der Waals surface area contributed by atoms with E-state index in [1.165, 1.54) is 18.3 Å². The standard InChI is InChI=1S/C20H17FN6O3/c1-4-17-25-18(29-27-17)6-5-13-9-22-10-15(11(13)2)28-19-8-14(7-16(21)24-19)20-23-12(3)26-30-20/h5-10H,4H2,1-3H3/b6-5+. The lowest BCUT2D eigenvalue weighted by molar-refractivity contribution is 0.403. The first-order valence-corrected chi connectivity index (χ1v) is 9.13. The SMILES string of the molecule is CCc1noc(/C=C/c2cncc(Oc3cc(-c4nc(C)no4)cc(F)n3)c2C)n1. The van der Waals surface area contributed by atoms with Crippen LogP contribution < -0.4 is 4.74 Å². The molecule has 9 nitrogen and oxygen atoms in total. The second kappa shape index (κ2) is 8.19. The molecule has 0 radical (unpaired) electrons. The lowest BCUT2D eigenvalue weighted by Crippen LogP contribution is -1.96. The number of ether oxygens (including phenoxy) is 1. The van der Waals surface area contributed by atoms with Crippen LogP contribution in [0.3, 0.4) is 0 Å². The Balaban J connectivity index is 1.59. The second-order valence-electron chi connectivity index (χ2n) is 6.35. The van der Waals surface area contributed by atoms with E-state index in [2.05, 4.69) is 30.2 Å². The number of aromatic nitrogens is 6. The van der Waals surface area contributed by atoms with Crippen molar-refractivity contribution in [3.63, 3.8) is 0 Å². The van der Waals surface area contributed by atoms with Crippen LogP contribution in [0.25, 0.3) is 23.6 Å². The molecule has 4 aromatic rings. The van der Waals surface area contributed by atoms with E-state index in [4.69, 9.17) is 13.8 Å². The van der Waals surface area contributed by atoms with E-state index in [9.17, 15) is 4.39 Å². The minimum absolute atomic E-state index is 0.0383. The second-order valence-corrected chi connectivity index (χ2v) is 6.35. The van der Waals surface area contributed by atoms with Crippen molar-refractivity contribution in [2.24, 2.45) is 0 Å². The quantitative estimate of drug-likeness (QED) is 0.433. The third-order valence-electron chi connectivity index (χ3n) is 4.17. The molecule has 0 saturated heterocycles. The van der Waals surface area contributed by atoms with E-state index < -0.39 is 5.95 Å². The van der Waals surface area contributed by atoms with Gasteiger partial charge in [0.2, 0.25) is 11.8 Å². The Kier molecular flexibility index (Phi) is 5.29. The molecule has 0 saturated carbocycles. The molecular weight excluding hydrogens is 391 g/mol. The van der Waals surface area contributed by atoms with Crippen LogP contribution in [0.15, 0.2) is 33.6 Å². The molecular formula is C20H17FN6O3. The average molecular weight is 408 g/mol. The van der Waals surface area contributed by atoms with Crippen LogP contribution in [0.5, 0.6) is 11.6 Å². The zero-order chi connectivity index (χ0) is 21.1. The predicted molar refractivity (Wildman–Crippen MR) is 104 cm³/mol. The molecule has 0 aromatic carbocycles. The molecule has 4 rings (SSSR count). The molecule has 0 unspecified atom stereocenters. The van der Waals surface area contributed by atoms with Crippen LogP contribution in [-0.4, -0.2) is 30.2 Å². The highest BCUT2D eigenvalue weighted by Crippen LogP contribution is 2.29. The first-order chi connectivity index (χ1) is 14.5. The van der Waals surface area contributed by atoms with Crippen molar-refractivity contribution < 1.29 is 18.2 Å². The number of nitrogens with zero attached hydrogens (tertiary/aromatic N) is 6. The third kappa shape index (κ3) is 4.22. The summed E-state index contributed by atoms with van der Waals surface area (Å²) in [6, 6.07) is 2.71. The topological polar surface area (TPSA) is 113 Å². The molecule has 0 aliphatic rings. The van der Waals surface area contributed by atoms with E-state index in [0.29, 0.717) is 35.3 Å². The molecule has 0 N–H and O–H groups in total. The van der Waals surface area contributed by atoms with Crippen molar-refractivity contribution in [2.75, 3.05) is 0 Å². The summed E-state index contributed by atoms with van der Waals surface area (Å²) in [7, 11) is 0. The van der Waals surface area contributed by atoms with Crippen molar-refractivity contribution in [3.05, 3.63) is 59.1 Å². The van der Waals surface area contributed by atoms with Gasteiger partial charge in [-0.15, -0.1) is 0 Å². The maximum absolute atomic E-state index is 14.0. The smallest absolute Gasteiger partial charge is 0.258 e. The summed E-state index contributed by atoms with van der Waals surface area (Å²) in [6.45, 7) is 5.47. The Hall–Kier alpha value is -3.95. The number of aryl methyl sites for hydroxylation is 2. The van der Waals surface area contributed by atoms with Gasteiger partial charge in [-0.05, 0) is 25.5 Å². The summed E-state index contributed by atoms with van der Waals surface area (Å²) < 4.78 is 30.0. The Morgan fingerprint density at radius 2 is 1.90 bits per heavy atom. The highest BCUT2D eigenvalue weighted by molar-refractivity contribution is 5.68. The number of hydrogen-bond acceptors (Lipinski definition) is 9. The lowest BCUT2D eigenvalue weighted by Gasteiger charge is -2.10. The summed E-state index contributed by atoms with van der Waals surface area (Å²) >= 11 is 0. The average Bonchev–Trinajstić information content (AvgIpc) is 3.37. The van der Waals surface area contributed by atoms with Gasteiger partial charge in [0.25, 0.3) is 11.8 Å². The maximum atomic E-state index is 14.0. The summed E-state index contributed by atoms with van der Waals surface area (Å²) in [5.74, 6) is 1.37. The summed E-state index contributed by atoms with van der Waals surface area (Å²) in [4.78, 5) is 16.3. The molecule has 4 aromatic heterocycles. The monoisotopic (exact) mass is 408 g/mol. The predicted octanol–water partition coefficient (Wildman–Crippen LogP) is 4.19. The van der Waals surface area contributed by atoms with Crippen molar-refractivity contribution in [1.29, 1.82) is 0 Å². The van der Waals surface area contributed by atoms with Crippen LogP contribution >= 0.6 is 0 Å². The van der Waals surface area contributed by atoms with Gasteiger partial charge < -0.3 is 13.8 Å². The van der Waals surface area contributed by atoms with Crippen LogP contribution in [-0.2, 0) is 6.42 Å². The normalized spacial score (nSPS) is 11.3. The van der Waals surface area contributed by atoms with E-state index in [1.54, 1.807) is 25.3 Å². The lowest BCUT2D eigenvalue weighted by atomic mass is 10.1. The Morgan fingerprint density at radius 3 is 2.63 bits per heavy atom.